The van der Waals surface area contributed by atoms with Gasteiger partial charge < -0.3 is 9.73 Å². The first kappa shape index (κ1) is 13.7. The van der Waals surface area contributed by atoms with E-state index in [1.54, 1.807) is 6.26 Å². The Morgan fingerprint density at radius 2 is 1.73 bits per heavy atom. The van der Waals surface area contributed by atoms with E-state index in [9.17, 15) is 0 Å². The number of para-hydroxylation sites is 1. The molecule has 1 heterocycles. The fourth-order valence-corrected chi connectivity index (χ4v) is 3.32. The summed E-state index contributed by atoms with van der Waals surface area (Å²) in [6.45, 7) is 0. The lowest BCUT2D eigenvalue weighted by Crippen LogP contribution is -1.90. The fraction of sp³-hybridized carbons (Fsp3) is 0. The highest BCUT2D eigenvalue weighted by Crippen LogP contribution is 2.38. The minimum absolute atomic E-state index is 0.722. The summed E-state index contributed by atoms with van der Waals surface area (Å²) in [5.74, 6) is 0. The second-order valence-electron chi connectivity index (χ2n) is 5.03. The summed E-state index contributed by atoms with van der Waals surface area (Å²) in [6.07, 6.45) is 1.73. The van der Waals surface area contributed by atoms with Crippen molar-refractivity contribution >= 4 is 60.6 Å². The van der Waals surface area contributed by atoms with Crippen molar-refractivity contribution in [3.63, 3.8) is 0 Å². The molecule has 0 bridgehead atoms. The van der Waals surface area contributed by atoms with Crippen LogP contribution in [0.4, 0.5) is 11.4 Å². The minimum atomic E-state index is 0.722. The smallest absolute Gasteiger partial charge is 0.136 e. The standard InChI is InChI=1S/C18H11BrClNO/c19-12-5-1-2-7-14(12)21-15-10-22-16-9-8-11-4-3-6-13(20)17(11)18(15)16/h1-10,21H. The highest BCUT2D eigenvalue weighted by atomic mass is 79.9. The molecule has 4 rings (SSSR count). The van der Waals surface area contributed by atoms with Gasteiger partial charge in [-0.05, 0) is 45.6 Å². The normalized spacial score (nSPS) is 11.2. The van der Waals surface area contributed by atoms with Gasteiger partial charge in [0.2, 0.25) is 0 Å². The summed E-state index contributed by atoms with van der Waals surface area (Å²) >= 11 is 9.97. The second-order valence-corrected chi connectivity index (χ2v) is 6.29. The molecule has 0 aliphatic heterocycles. The van der Waals surface area contributed by atoms with Gasteiger partial charge in [0, 0.05) is 14.9 Å². The first-order chi connectivity index (χ1) is 10.7. The Labute approximate surface area is 140 Å². The maximum atomic E-state index is 6.42. The average Bonchev–Trinajstić information content (AvgIpc) is 2.93. The highest BCUT2D eigenvalue weighted by Gasteiger charge is 2.13. The average molecular weight is 373 g/mol. The summed E-state index contributed by atoms with van der Waals surface area (Å²) in [5, 5.41) is 7.23. The van der Waals surface area contributed by atoms with Gasteiger partial charge in [-0.1, -0.05) is 41.9 Å². The molecule has 0 saturated carbocycles. The van der Waals surface area contributed by atoms with E-state index in [-0.39, 0.29) is 0 Å². The summed E-state index contributed by atoms with van der Waals surface area (Å²) in [6, 6.07) is 17.9. The number of benzene rings is 3. The SMILES string of the molecule is Clc1cccc2ccc3occ(Nc4ccccc4Br)c3c12. The van der Waals surface area contributed by atoms with Gasteiger partial charge in [-0.25, -0.2) is 0 Å². The van der Waals surface area contributed by atoms with E-state index in [1.807, 2.05) is 48.5 Å². The molecule has 0 aliphatic rings. The molecule has 3 aromatic carbocycles. The summed E-state index contributed by atoms with van der Waals surface area (Å²) < 4.78 is 6.68. The van der Waals surface area contributed by atoms with E-state index in [1.165, 1.54) is 0 Å². The van der Waals surface area contributed by atoms with Crippen molar-refractivity contribution < 1.29 is 4.42 Å². The van der Waals surface area contributed by atoms with E-state index in [4.69, 9.17) is 16.0 Å². The molecule has 4 heteroatoms. The second kappa shape index (κ2) is 5.34. The molecule has 108 valence electrons. The van der Waals surface area contributed by atoms with Crippen LogP contribution < -0.4 is 5.32 Å². The molecule has 0 saturated heterocycles. The monoisotopic (exact) mass is 371 g/mol. The number of fused-ring (bicyclic) bond motifs is 3. The maximum absolute atomic E-state index is 6.42. The maximum Gasteiger partial charge on any atom is 0.136 e. The molecule has 22 heavy (non-hydrogen) atoms. The van der Waals surface area contributed by atoms with Crippen LogP contribution in [-0.4, -0.2) is 0 Å². The Kier molecular flexibility index (Phi) is 3.32. The van der Waals surface area contributed by atoms with Crippen LogP contribution in [0.25, 0.3) is 21.7 Å². The lowest BCUT2D eigenvalue weighted by atomic mass is 10.1. The van der Waals surface area contributed by atoms with Crippen LogP contribution in [-0.2, 0) is 0 Å². The molecular weight excluding hydrogens is 362 g/mol. The Balaban J connectivity index is 1.97. The van der Waals surface area contributed by atoms with Gasteiger partial charge in [-0.2, -0.15) is 0 Å². The third-order valence-electron chi connectivity index (χ3n) is 3.67. The fourth-order valence-electron chi connectivity index (χ4n) is 2.66. The lowest BCUT2D eigenvalue weighted by Gasteiger charge is -2.08. The van der Waals surface area contributed by atoms with Crippen molar-refractivity contribution in [2.75, 3.05) is 5.32 Å². The van der Waals surface area contributed by atoms with Crippen molar-refractivity contribution in [2.45, 2.75) is 0 Å². The number of halogens is 2. The van der Waals surface area contributed by atoms with Crippen molar-refractivity contribution in [3.05, 3.63) is 70.4 Å². The van der Waals surface area contributed by atoms with Crippen molar-refractivity contribution in [1.29, 1.82) is 0 Å². The van der Waals surface area contributed by atoms with Crippen LogP contribution in [0, 0.1) is 0 Å². The Hall–Kier alpha value is -1.97. The van der Waals surface area contributed by atoms with Crippen LogP contribution in [0.1, 0.15) is 0 Å². The van der Waals surface area contributed by atoms with Crippen molar-refractivity contribution in [3.8, 4) is 0 Å². The van der Waals surface area contributed by atoms with Crippen molar-refractivity contribution in [1.82, 2.24) is 0 Å². The molecular formula is C18H11BrClNO. The van der Waals surface area contributed by atoms with Gasteiger partial charge in [0.15, 0.2) is 0 Å². The molecule has 0 fully saturated rings. The van der Waals surface area contributed by atoms with Gasteiger partial charge in [0.1, 0.15) is 11.8 Å². The number of rotatable bonds is 2. The topological polar surface area (TPSA) is 25.2 Å². The Morgan fingerprint density at radius 3 is 2.59 bits per heavy atom. The van der Waals surface area contributed by atoms with Gasteiger partial charge in [0.25, 0.3) is 0 Å². The molecule has 2 nitrogen and oxygen atoms in total. The van der Waals surface area contributed by atoms with E-state index < -0.39 is 0 Å². The van der Waals surface area contributed by atoms with Gasteiger partial charge in [0.05, 0.1) is 16.8 Å². The molecule has 1 aromatic heterocycles. The van der Waals surface area contributed by atoms with E-state index in [0.717, 1.165) is 42.6 Å². The minimum Gasteiger partial charge on any atom is -0.462 e. The van der Waals surface area contributed by atoms with Crippen LogP contribution >= 0.6 is 27.5 Å². The molecule has 0 amide bonds. The molecule has 0 atom stereocenters. The summed E-state index contributed by atoms with van der Waals surface area (Å²) in [5.41, 5.74) is 2.70. The quantitative estimate of drug-likeness (QED) is 0.421. The summed E-state index contributed by atoms with van der Waals surface area (Å²) in [4.78, 5) is 0. The van der Waals surface area contributed by atoms with Crippen LogP contribution in [0.3, 0.4) is 0 Å². The molecule has 0 unspecified atom stereocenters. The Morgan fingerprint density at radius 1 is 0.864 bits per heavy atom. The van der Waals surface area contributed by atoms with Crippen LogP contribution in [0.15, 0.2) is 69.8 Å². The molecule has 0 aliphatic carbocycles. The first-order valence-corrected chi connectivity index (χ1v) is 8.01. The van der Waals surface area contributed by atoms with E-state index >= 15 is 0 Å². The van der Waals surface area contributed by atoms with Crippen LogP contribution in [0.2, 0.25) is 5.02 Å². The van der Waals surface area contributed by atoms with Gasteiger partial charge >= 0.3 is 0 Å². The highest BCUT2D eigenvalue weighted by molar-refractivity contribution is 9.10. The van der Waals surface area contributed by atoms with E-state index in [0.29, 0.717) is 0 Å². The van der Waals surface area contributed by atoms with E-state index in [2.05, 4.69) is 27.3 Å². The number of hydrogen-bond acceptors (Lipinski definition) is 2. The lowest BCUT2D eigenvalue weighted by molar-refractivity contribution is 0.617. The largest absolute Gasteiger partial charge is 0.462 e. The van der Waals surface area contributed by atoms with Gasteiger partial charge in [-0.15, -0.1) is 0 Å². The zero-order valence-corrected chi connectivity index (χ0v) is 13.8. The predicted octanol–water partition coefficient (Wildman–Crippen LogP) is 6.75. The van der Waals surface area contributed by atoms with Gasteiger partial charge in [-0.3, -0.25) is 0 Å². The number of nitrogens with one attached hydrogen (secondary N) is 1. The molecule has 4 aromatic rings. The van der Waals surface area contributed by atoms with Crippen LogP contribution in [0.5, 0.6) is 0 Å². The molecule has 0 radical (unpaired) electrons. The molecule has 0 spiro atoms. The summed E-state index contributed by atoms with van der Waals surface area (Å²) in [7, 11) is 0. The Bertz CT molecular complexity index is 993. The van der Waals surface area contributed by atoms with Crippen molar-refractivity contribution in [2.24, 2.45) is 0 Å². The predicted molar refractivity (Wildman–Crippen MR) is 96.2 cm³/mol. The number of hydrogen-bond donors (Lipinski definition) is 1. The third kappa shape index (κ3) is 2.18. The number of anilines is 2. The zero-order chi connectivity index (χ0) is 15.1. The first-order valence-electron chi connectivity index (χ1n) is 6.84. The number of furan rings is 1. The zero-order valence-electron chi connectivity index (χ0n) is 11.4. The third-order valence-corrected chi connectivity index (χ3v) is 4.68. The molecule has 1 N–H and O–H groups in total.